The lowest BCUT2D eigenvalue weighted by atomic mass is 9.86. The fourth-order valence-electron chi connectivity index (χ4n) is 4.24. The van der Waals surface area contributed by atoms with E-state index in [4.69, 9.17) is 9.47 Å². The maximum atomic E-state index is 13.7. The van der Waals surface area contributed by atoms with Gasteiger partial charge in [-0.25, -0.2) is 4.39 Å². The van der Waals surface area contributed by atoms with Crippen LogP contribution in [0.1, 0.15) is 25.1 Å². The van der Waals surface area contributed by atoms with E-state index < -0.39 is 0 Å². The first-order valence-corrected chi connectivity index (χ1v) is 9.71. The molecule has 4 aromatic rings. The van der Waals surface area contributed by atoms with Gasteiger partial charge in [-0.05, 0) is 48.4 Å². The Labute approximate surface area is 169 Å². The van der Waals surface area contributed by atoms with E-state index in [0.29, 0.717) is 13.2 Å². The third-order valence-corrected chi connectivity index (χ3v) is 5.42. The molecule has 0 atom stereocenters. The minimum absolute atomic E-state index is 0.250. The minimum atomic E-state index is -0.267. The molecule has 0 fully saturated rings. The van der Waals surface area contributed by atoms with Gasteiger partial charge in [-0.15, -0.1) is 0 Å². The highest BCUT2D eigenvalue weighted by molar-refractivity contribution is 5.98. The van der Waals surface area contributed by atoms with Crippen LogP contribution in [-0.2, 0) is 21.3 Å². The number of nitrogens with zero attached hydrogens (tertiary/aromatic N) is 2. The zero-order valence-electron chi connectivity index (χ0n) is 17.3. The molecule has 0 saturated carbocycles. The number of hydrogen-bond acceptors (Lipinski definition) is 3. The smallest absolute Gasteiger partial charge is 0.123 e. The number of hydrogen-bond donors (Lipinski definition) is 1. The molecule has 0 spiro atoms. The minimum Gasteiger partial charge on any atom is -0.384 e. The van der Waals surface area contributed by atoms with Crippen molar-refractivity contribution in [3.05, 3.63) is 59.7 Å². The summed E-state index contributed by atoms with van der Waals surface area (Å²) in [5.41, 5.74) is 5.07. The molecule has 0 bridgehead atoms. The normalized spacial score (nSPS) is 12.3. The number of rotatable bonds is 7. The van der Waals surface area contributed by atoms with Crippen molar-refractivity contribution in [2.45, 2.75) is 25.7 Å². The third-order valence-electron chi connectivity index (χ3n) is 5.42. The molecule has 152 valence electrons. The number of nitrogens with one attached hydrogen (secondary N) is 1. The molecule has 4 rings (SSSR count). The van der Waals surface area contributed by atoms with Gasteiger partial charge in [0.2, 0.25) is 0 Å². The van der Waals surface area contributed by atoms with Crippen LogP contribution in [0.3, 0.4) is 0 Å². The Balaban J connectivity index is 2.11. The van der Waals surface area contributed by atoms with Gasteiger partial charge >= 0.3 is 0 Å². The summed E-state index contributed by atoms with van der Waals surface area (Å²) in [7, 11) is 3.43. The van der Waals surface area contributed by atoms with Crippen molar-refractivity contribution >= 4 is 21.8 Å². The summed E-state index contributed by atoms with van der Waals surface area (Å²) >= 11 is 0. The predicted molar refractivity (Wildman–Crippen MR) is 113 cm³/mol. The Morgan fingerprint density at radius 2 is 1.86 bits per heavy atom. The number of methoxy groups -OCH3 is 2. The largest absolute Gasteiger partial charge is 0.384 e. The Bertz CT molecular complexity index is 1140. The van der Waals surface area contributed by atoms with Gasteiger partial charge in [0.25, 0.3) is 0 Å². The summed E-state index contributed by atoms with van der Waals surface area (Å²) in [4.78, 5) is 0. The highest BCUT2D eigenvalue weighted by Crippen LogP contribution is 2.39. The monoisotopic (exact) mass is 395 g/mol. The molecular weight excluding hydrogens is 369 g/mol. The second kappa shape index (κ2) is 7.61. The molecule has 2 aromatic carbocycles. The molecule has 0 aliphatic carbocycles. The lowest BCUT2D eigenvalue weighted by molar-refractivity contribution is 0.143. The summed E-state index contributed by atoms with van der Waals surface area (Å²) < 4.78 is 26.9. The summed E-state index contributed by atoms with van der Waals surface area (Å²) in [5, 5.41) is 9.43. The molecule has 0 amide bonds. The van der Waals surface area contributed by atoms with Crippen molar-refractivity contribution in [1.29, 1.82) is 0 Å². The van der Waals surface area contributed by atoms with E-state index in [1.165, 1.54) is 17.7 Å². The first kappa shape index (κ1) is 19.6. The van der Waals surface area contributed by atoms with Crippen molar-refractivity contribution in [3.63, 3.8) is 0 Å². The van der Waals surface area contributed by atoms with E-state index in [1.807, 2.05) is 18.3 Å². The average molecular weight is 395 g/mol. The van der Waals surface area contributed by atoms with Crippen molar-refractivity contribution in [2.75, 3.05) is 27.4 Å². The zero-order valence-corrected chi connectivity index (χ0v) is 17.3. The van der Waals surface area contributed by atoms with Gasteiger partial charge in [0.05, 0.1) is 30.4 Å². The van der Waals surface area contributed by atoms with Crippen LogP contribution in [0.25, 0.3) is 27.5 Å². The Hall–Kier alpha value is -2.70. The van der Waals surface area contributed by atoms with Gasteiger partial charge in [0.1, 0.15) is 5.82 Å². The molecule has 1 N–H and O–H groups in total. The van der Waals surface area contributed by atoms with E-state index in [-0.39, 0.29) is 11.2 Å². The lowest BCUT2D eigenvalue weighted by Crippen LogP contribution is -2.28. The van der Waals surface area contributed by atoms with Crippen molar-refractivity contribution in [1.82, 2.24) is 14.8 Å². The van der Waals surface area contributed by atoms with Crippen LogP contribution in [0.4, 0.5) is 4.39 Å². The number of H-pyrrole nitrogens is 1. The summed E-state index contributed by atoms with van der Waals surface area (Å²) in [6.07, 6.45) is 2.59. The van der Waals surface area contributed by atoms with Crippen molar-refractivity contribution < 1.29 is 13.9 Å². The van der Waals surface area contributed by atoms with Crippen molar-refractivity contribution in [3.8, 4) is 5.69 Å². The van der Waals surface area contributed by atoms with Gasteiger partial charge < -0.3 is 14.0 Å². The SMILES string of the molecule is COCCc1c(C(C)(C)COC)n(-c2ccc(F)cc2)c2cc3cn[nH]c3cc12. The van der Waals surface area contributed by atoms with Gasteiger partial charge in [-0.2, -0.15) is 5.10 Å². The van der Waals surface area contributed by atoms with Crippen LogP contribution in [0.15, 0.2) is 42.6 Å². The second-order valence-electron chi connectivity index (χ2n) is 8.03. The molecule has 0 saturated heterocycles. The van der Waals surface area contributed by atoms with Crippen LogP contribution in [0.5, 0.6) is 0 Å². The first-order chi connectivity index (χ1) is 14.0. The first-order valence-electron chi connectivity index (χ1n) is 9.71. The lowest BCUT2D eigenvalue weighted by Gasteiger charge is -2.28. The third kappa shape index (κ3) is 3.43. The summed E-state index contributed by atoms with van der Waals surface area (Å²) in [6, 6.07) is 10.9. The fraction of sp³-hybridized carbons (Fsp3) is 0.348. The van der Waals surface area contributed by atoms with Gasteiger partial charge in [-0.1, -0.05) is 13.8 Å². The number of aromatic amines is 1. The van der Waals surface area contributed by atoms with Crippen LogP contribution < -0.4 is 0 Å². The standard InChI is InChI=1S/C23H26FN3O2/c1-23(2,14-29-4)22-18(9-10-28-3)19-12-20-15(13-25-26-20)11-21(19)27(22)17-7-5-16(24)6-8-17/h5-8,11-13H,9-10,14H2,1-4H3,(H,25,26). The molecular formula is C23H26FN3O2. The van der Waals surface area contributed by atoms with E-state index >= 15 is 0 Å². The number of halogens is 1. The molecule has 6 heteroatoms. The fourth-order valence-corrected chi connectivity index (χ4v) is 4.24. The molecule has 2 aromatic heterocycles. The molecule has 0 aliphatic rings. The topological polar surface area (TPSA) is 52.1 Å². The van der Waals surface area contributed by atoms with E-state index in [9.17, 15) is 4.39 Å². The molecule has 5 nitrogen and oxygen atoms in total. The summed E-state index contributed by atoms with van der Waals surface area (Å²) in [5.74, 6) is -0.250. The molecule has 0 unspecified atom stereocenters. The van der Waals surface area contributed by atoms with E-state index in [2.05, 4.69) is 40.7 Å². The van der Waals surface area contributed by atoms with Crippen LogP contribution in [0, 0.1) is 5.82 Å². The Morgan fingerprint density at radius 3 is 2.55 bits per heavy atom. The number of aromatic nitrogens is 3. The molecule has 29 heavy (non-hydrogen) atoms. The number of benzene rings is 2. The van der Waals surface area contributed by atoms with Crippen molar-refractivity contribution in [2.24, 2.45) is 0 Å². The molecule has 2 heterocycles. The van der Waals surface area contributed by atoms with Gasteiger partial charge in [-0.3, -0.25) is 5.10 Å². The quantitative estimate of drug-likeness (QED) is 0.491. The summed E-state index contributed by atoms with van der Waals surface area (Å²) in [6.45, 7) is 5.52. The van der Waals surface area contributed by atoms with Crippen LogP contribution in [0.2, 0.25) is 0 Å². The number of fused-ring (bicyclic) bond motifs is 2. The Morgan fingerprint density at radius 1 is 1.10 bits per heavy atom. The second-order valence-corrected chi connectivity index (χ2v) is 8.03. The maximum Gasteiger partial charge on any atom is 0.123 e. The van der Waals surface area contributed by atoms with E-state index in [0.717, 1.165) is 39.6 Å². The van der Waals surface area contributed by atoms with Crippen LogP contribution >= 0.6 is 0 Å². The number of ether oxygens (including phenoxy) is 2. The maximum absolute atomic E-state index is 13.7. The van der Waals surface area contributed by atoms with E-state index in [1.54, 1.807) is 14.2 Å². The predicted octanol–water partition coefficient (Wildman–Crippen LogP) is 4.76. The van der Waals surface area contributed by atoms with Gasteiger partial charge in [0.15, 0.2) is 0 Å². The average Bonchev–Trinajstić information content (AvgIpc) is 3.27. The highest BCUT2D eigenvalue weighted by Gasteiger charge is 2.31. The van der Waals surface area contributed by atoms with Gasteiger partial charge in [0, 0.05) is 41.8 Å². The molecule has 0 radical (unpaired) electrons. The molecule has 0 aliphatic heterocycles. The highest BCUT2D eigenvalue weighted by atomic mass is 19.1. The Kier molecular flexibility index (Phi) is 5.15. The zero-order chi connectivity index (χ0) is 20.6. The van der Waals surface area contributed by atoms with Crippen LogP contribution in [-0.4, -0.2) is 42.2 Å².